The highest BCUT2D eigenvalue weighted by molar-refractivity contribution is 7.54. The maximum atomic E-state index is 11.5. The Morgan fingerprint density at radius 2 is 1.93 bits per heavy atom. The van der Waals surface area contributed by atoms with Crippen LogP contribution in [0.15, 0.2) is 0 Å². The molecule has 1 atom stereocenters. The van der Waals surface area contributed by atoms with E-state index in [1.165, 1.54) is 0 Å². The van der Waals surface area contributed by atoms with Crippen molar-refractivity contribution in [3.05, 3.63) is 0 Å². The second-order valence-electron chi connectivity index (χ2n) is 3.92. The first-order valence-corrected chi connectivity index (χ1v) is 6.31. The summed E-state index contributed by atoms with van der Waals surface area (Å²) < 4.78 is 16.1. The van der Waals surface area contributed by atoms with Crippen LogP contribution in [0.2, 0.25) is 0 Å². The molecule has 0 saturated carbocycles. The summed E-state index contributed by atoms with van der Waals surface area (Å²) in [6.07, 6.45) is 0. The highest BCUT2D eigenvalue weighted by atomic mass is 31.2. The molecule has 6 heteroatoms. The van der Waals surface area contributed by atoms with Gasteiger partial charge in [-0.15, -0.1) is 0 Å². The van der Waals surface area contributed by atoms with Crippen LogP contribution in [0.1, 0.15) is 27.7 Å². The van der Waals surface area contributed by atoms with Crippen molar-refractivity contribution >= 4 is 13.6 Å². The fraction of sp³-hybridized carbons (Fsp3) is 0.875. The minimum absolute atomic E-state index is 0.296. The van der Waals surface area contributed by atoms with Gasteiger partial charge >= 0.3 is 13.6 Å². The third-order valence-corrected chi connectivity index (χ3v) is 2.49. The van der Waals surface area contributed by atoms with Crippen LogP contribution in [0, 0.1) is 11.8 Å². The minimum atomic E-state index is -3.46. The predicted octanol–water partition coefficient (Wildman–Crippen LogP) is 1.50. The molecule has 0 aliphatic heterocycles. The van der Waals surface area contributed by atoms with E-state index in [0.717, 1.165) is 0 Å². The van der Waals surface area contributed by atoms with Crippen LogP contribution < -0.4 is 10.6 Å². The van der Waals surface area contributed by atoms with Crippen LogP contribution in [-0.2, 0) is 13.9 Å². The number of rotatable bonds is 5. The number of nitrogens with two attached hydrogens (primary N) is 1. The standard InChI is InChI=1S/C8H19N2O3P/c1-6(2)5-10-14(9,12)13-8(11)7(3)4/h6-7H,5H2,1-4H3,(H3,9,10,12). The van der Waals surface area contributed by atoms with Crippen molar-refractivity contribution in [1.82, 2.24) is 5.09 Å². The minimum Gasteiger partial charge on any atom is -0.389 e. The molecular formula is C8H19N2O3P. The molecule has 0 spiro atoms. The van der Waals surface area contributed by atoms with Crippen LogP contribution >= 0.6 is 7.67 Å². The molecule has 0 aromatic rings. The molecule has 5 nitrogen and oxygen atoms in total. The van der Waals surface area contributed by atoms with Gasteiger partial charge in [0.05, 0.1) is 5.92 Å². The molecule has 84 valence electrons. The highest BCUT2D eigenvalue weighted by Crippen LogP contribution is 2.33. The maximum Gasteiger partial charge on any atom is 0.389 e. The Bertz CT molecular complexity index is 241. The lowest BCUT2D eigenvalue weighted by Crippen LogP contribution is -2.25. The first kappa shape index (κ1) is 13.6. The summed E-state index contributed by atoms with van der Waals surface area (Å²) in [6.45, 7) is 7.66. The Balaban J connectivity index is 4.08. The van der Waals surface area contributed by atoms with Gasteiger partial charge < -0.3 is 4.52 Å². The van der Waals surface area contributed by atoms with Gasteiger partial charge in [0, 0.05) is 6.54 Å². The lowest BCUT2D eigenvalue weighted by atomic mass is 10.2. The van der Waals surface area contributed by atoms with Crippen LogP contribution in [0.4, 0.5) is 0 Å². The van der Waals surface area contributed by atoms with E-state index in [4.69, 9.17) is 5.50 Å². The van der Waals surface area contributed by atoms with Gasteiger partial charge in [0.25, 0.3) is 0 Å². The van der Waals surface area contributed by atoms with Crippen LogP contribution in [0.25, 0.3) is 0 Å². The van der Waals surface area contributed by atoms with E-state index in [2.05, 4.69) is 9.61 Å². The Hall–Kier alpha value is -0.380. The number of carbonyl (C=O) groups is 1. The molecule has 0 amide bonds. The average molecular weight is 222 g/mol. The first-order chi connectivity index (χ1) is 6.24. The second-order valence-corrected chi connectivity index (χ2v) is 5.61. The quantitative estimate of drug-likeness (QED) is 0.689. The zero-order valence-corrected chi connectivity index (χ0v) is 10.0. The van der Waals surface area contributed by atoms with E-state index in [1.54, 1.807) is 13.8 Å². The summed E-state index contributed by atoms with van der Waals surface area (Å²) in [5, 5.41) is 2.53. The molecular weight excluding hydrogens is 203 g/mol. The van der Waals surface area contributed by atoms with Crippen molar-refractivity contribution in [2.45, 2.75) is 27.7 Å². The van der Waals surface area contributed by atoms with Gasteiger partial charge in [-0.2, -0.15) is 0 Å². The molecule has 0 rings (SSSR count). The SMILES string of the molecule is CC(C)CNP(N)(=O)OC(=O)C(C)C. The largest absolute Gasteiger partial charge is 0.389 e. The lowest BCUT2D eigenvalue weighted by Gasteiger charge is -2.16. The Morgan fingerprint density at radius 3 is 2.29 bits per heavy atom. The molecule has 3 N–H and O–H groups in total. The second kappa shape index (κ2) is 5.49. The Labute approximate surface area is 84.9 Å². The molecule has 0 aliphatic rings. The summed E-state index contributed by atoms with van der Waals surface area (Å²) in [6, 6.07) is 0. The highest BCUT2D eigenvalue weighted by Gasteiger charge is 2.23. The van der Waals surface area contributed by atoms with Crippen molar-refractivity contribution < 1.29 is 13.9 Å². The molecule has 1 unspecified atom stereocenters. The zero-order valence-electron chi connectivity index (χ0n) is 9.11. The fourth-order valence-electron chi connectivity index (χ4n) is 0.581. The van der Waals surface area contributed by atoms with E-state index < -0.39 is 13.6 Å². The van der Waals surface area contributed by atoms with Crippen molar-refractivity contribution in [1.29, 1.82) is 0 Å². The molecule has 0 saturated heterocycles. The first-order valence-electron chi connectivity index (χ1n) is 4.62. The van der Waals surface area contributed by atoms with Crippen molar-refractivity contribution in [2.75, 3.05) is 6.54 Å². The van der Waals surface area contributed by atoms with E-state index >= 15 is 0 Å². The number of hydrogen-bond acceptors (Lipinski definition) is 3. The maximum absolute atomic E-state index is 11.5. The summed E-state index contributed by atoms with van der Waals surface area (Å²) in [5.41, 5.74) is 5.31. The van der Waals surface area contributed by atoms with Gasteiger partial charge in [0.15, 0.2) is 0 Å². The number of nitrogens with one attached hydrogen (secondary N) is 1. The average Bonchev–Trinajstić information content (AvgIpc) is 2.00. The van der Waals surface area contributed by atoms with Gasteiger partial charge in [-0.1, -0.05) is 27.7 Å². The van der Waals surface area contributed by atoms with E-state index in [-0.39, 0.29) is 5.92 Å². The van der Waals surface area contributed by atoms with Crippen molar-refractivity contribution in [3.8, 4) is 0 Å². The molecule has 0 radical (unpaired) electrons. The van der Waals surface area contributed by atoms with Crippen LogP contribution in [0.5, 0.6) is 0 Å². The molecule has 0 fully saturated rings. The lowest BCUT2D eigenvalue weighted by molar-refractivity contribution is -0.137. The third kappa shape index (κ3) is 6.13. The smallest absolute Gasteiger partial charge is 0.389 e. The van der Waals surface area contributed by atoms with Gasteiger partial charge in [-0.25, -0.2) is 15.2 Å². The van der Waals surface area contributed by atoms with E-state index in [0.29, 0.717) is 12.5 Å². The van der Waals surface area contributed by atoms with Gasteiger partial charge in [-0.05, 0) is 5.92 Å². The number of hydrogen-bond donors (Lipinski definition) is 2. The summed E-state index contributed by atoms with van der Waals surface area (Å²) in [4.78, 5) is 11.1. The molecule has 0 aromatic carbocycles. The van der Waals surface area contributed by atoms with Gasteiger partial charge in [0.2, 0.25) is 0 Å². The molecule has 0 aliphatic carbocycles. The van der Waals surface area contributed by atoms with Crippen molar-refractivity contribution in [3.63, 3.8) is 0 Å². The summed E-state index contributed by atoms with van der Waals surface area (Å²) >= 11 is 0. The molecule has 0 bridgehead atoms. The Kier molecular flexibility index (Phi) is 5.34. The van der Waals surface area contributed by atoms with Gasteiger partial charge in [-0.3, -0.25) is 4.79 Å². The number of carbonyl (C=O) groups excluding carboxylic acids is 1. The normalized spacial score (nSPS) is 15.6. The molecule has 0 aromatic heterocycles. The predicted molar refractivity (Wildman–Crippen MR) is 55.6 cm³/mol. The topological polar surface area (TPSA) is 81.4 Å². The molecule has 14 heavy (non-hydrogen) atoms. The van der Waals surface area contributed by atoms with Crippen LogP contribution in [0.3, 0.4) is 0 Å². The fourth-order valence-corrected chi connectivity index (χ4v) is 1.74. The van der Waals surface area contributed by atoms with E-state index in [1.807, 2.05) is 13.8 Å². The third-order valence-electron chi connectivity index (χ3n) is 1.42. The van der Waals surface area contributed by atoms with Crippen molar-refractivity contribution in [2.24, 2.45) is 17.3 Å². The Morgan fingerprint density at radius 1 is 1.43 bits per heavy atom. The zero-order chi connectivity index (χ0) is 11.4. The van der Waals surface area contributed by atoms with Gasteiger partial charge in [0.1, 0.15) is 0 Å². The molecule has 0 heterocycles. The monoisotopic (exact) mass is 222 g/mol. The summed E-state index contributed by atoms with van der Waals surface area (Å²) in [5.74, 6) is -0.579. The van der Waals surface area contributed by atoms with Crippen LogP contribution in [-0.4, -0.2) is 12.5 Å². The van der Waals surface area contributed by atoms with E-state index in [9.17, 15) is 9.36 Å². The summed E-state index contributed by atoms with van der Waals surface area (Å²) in [7, 11) is -3.46.